The molecule has 2 aromatic rings. The van der Waals surface area contributed by atoms with Gasteiger partial charge in [0, 0.05) is 6.42 Å². The van der Waals surface area contributed by atoms with Crippen molar-refractivity contribution in [2.24, 2.45) is 0 Å². The molecular formula is C38H67N2+. The topological polar surface area (TPSA) is 8.81 Å². The lowest BCUT2D eigenvalue weighted by Crippen LogP contribution is -2.37. The molecule has 0 aliphatic heterocycles. The maximum atomic E-state index is 2.60. The van der Waals surface area contributed by atoms with E-state index in [2.05, 4.69) is 65.7 Å². The van der Waals surface area contributed by atoms with Crippen molar-refractivity contribution in [1.29, 1.82) is 0 Å². The first-order valence-electron chi connectivity index (χ1n) is 18.0. The molecule has 0 saturated heterocycles. The highest BCUT2D eigenvalue weighted by Crippen LogP contribution is 2.15. The minimum atomic E-state index is 1.15. The van der Waals surface area contributed by atoms with E-state index in [1.165, 1.54) is 173 Å². The maximum Gasteiger partial charge on any atom is 0.256 e. The van der Waals surface area contributed by atoms with Gasteiger partial charge in [0.15, 0.2) is 0 Å². The molecule has 0 amide bonds. The van der Waals surface area contributed by atoms with Gasteiger partial charge in [-0.3, -0.25) is 0 Å². The fraction of sp³-hybridized carbons (Fsp3) is 0.763. The predicted molar refractivity (Wildman–Crippen MR) is 176 cm³/mol. The smallest absolute Gasteiger partial charge is 0.234 e. The second-order valence-corrected chi connectivity index (χ2v) is 12.5. The zero-order valence-electron chi connectivity index (χ0n) is 27.0. The first kappa shape index (κ1) is 34.6. The molecule has 2 rings (SSSR count). The van der Waals surface area contributed by atoms with E-state index in [0.717, 1.165) is 6.54 Å². The van der Waals surface area contributed by atoms with Crippen molar-refractivity contribution in [2.75, 3.05) is 0 Å². The van der Waals surface area contributed by atoms with Crippen LogP contribution in [0.25, 0.3) is 0 Å². The second kappa shape index (κ2) is 25.2. The Labute approximate surface area is 250 Å². The van der Waals surface area contributed by atoms with E-state index in [4.69, 9.17) is 0 Å². The third-order valence-corrected chi connectivity index (χ3v) is 8.80. The highest BCUT2D eigenvalue weighted by Gasteiger charge is 2.16. The Morgan fingerprint density at radius 1 is 0.500 bits per heavy atom. The number of benzene rings is 1. The zero-order chi connectivity index (χ0) is 28.4. The van der Waals surface area contributed by atoms with Gasteiger partial charge in [-0.1, -0.05) is 166 Å². The fourth-order valence-electron chi connectivity index (χ4n) is 6.18. The summed E-state index contributed by atoms with van der Waals surface area (Å²) < 4.78 is 5.18. The summed E-state index contributed by atoms with van der Waals surface area (Å²) in [6, 6.07) is 11.0. The number of imidazole rings is 1. The van der Waals surface area contributed by atoms with Crippen LogP contribution in [0.1, 0.15) is 173 Å². The van der Waals surface area contributed by atoms with E-state index < -0.39 is 0 Å². The Morgan fingerprint density at radius 3 is 1.50 bits per heavy atom. The minimum Gasteiger partial charge on any atom is -0.234 e. The van der Waals surface area contributed by atoms with Gasteiger partial charge in [0.05, 0.1) is 13.1 Å². The van der Waals surface area contributed by atoms with Gasteiger partial charge in [-0.15, -0.1) is 0 Å². The van der Waals surface area contributed by atoms with Gasteiger partial charge < -0.3 is 0 Å². The first-order valence-corrected chi connectivity index (χ1v) is 18.0. The lowest BCUT2D eigenvalue weighted by Gasteiger charge is -2.07. The van der Waals surface area contributed by atoms with Gasteiger partial charge in [0.25, 0.3) is 5.82 Å². The molecule has 0 bridgehead atoms. The van der Waals surface area contributed by atoms with Gasteiger partial charge >= 0.3 is 0 Å². The average Bonchev–Trinajstić information content (AvgIpc) is 3.36. The Morgan fingerprint density at radius 2 is 0.975 bits per heavy atom. The Bertz CT molecular complexity index is 793. The summed E-state index contributed by atoms with van der Waals surface area (Å²) in [5, 5.41) is 0. The number of nitrogens with zero attached hydrogens (tertiary/aromatic N) is 2. The van der Waals surface area contributed by atoms with Crippen molar-refractivity contribution in [2.45, 2.75) is 187 Å². The number of aryl methyl sites for hydroxylation is 3. The van der Waals surface area contributed by atoms with Gasteiger partial charge in [0.2, 0.25) is 0 Å². The van der Waals surface area contributed by atoms with E-state index in [1.54, 1.807) is 5.82 Å². The molecule has 0 atom stereocenters. The predicted octanol–water partition coefficient (Wildman–Crippen LogP) is 11.6. The summed E-state index contributed by atoms with van der Waals surface area (Å²) in [5.74, 6) is 1.58. The lowest BCUT2D eigenvalue weighted by atomic mass is 10.0. The molecule has 2 heteroatoms. The van der Waals surface area contributed by atoms with Crippen LogP contribution in [0.4, 0.5) is 0 Å². The largest absolute Gasteiger partial charge is 0.256 e. The zero-order valence-corrected chi connectivity index (χ0v) is 27.0. The molecule has 0 N–H and O–H groups in total. The van der Waals surface area contributed by atoms with Crippen molar-refractivity contribution in [3.8, 4) is 0 Å². The van der Waals surface area contributed by atoms with Crippen LogP contribution in [-0.4, -0.2) is 4.57 Å². The molecule has 40 heavy (non-hydrogen) atoms. The van der Waals surface area contributed by atoms with E-state index >= 15 is 0 Å². The Balaban J connectivity index is 1.66. The van der Waals surface area contributed by atoms with Crippen LogP contribution in [0.15, 0.2) is 42.7 Å². The van der Waals surface area contributed by atoms with Crippen LogP contribution in [0.2, 0.25) is 0 Å². The molecule has 0 fully saturated rings. The molecule has 0 spiro atoms. The number of unbranched alkanes of at least 4 members (excludes halogenated alkanes) is 20. The van der Waals surface area contributed by atoms with Crippen LogP contribution in [0.5, 0.6) is 0 Å². The Kier molecular flexibility index (Phi) is 21.8. The van der Waals surface area contributed by atoms with E-state index in [9.17, 15) is 0 Å². The van der Waals surface area contributed by atoms with Gasteiger partial charge in [-0.2, -0.15) is 0 Å². The van der Waals surface area contributed by atoms with Crippen LogP contribution < -0.4 is 4.57 Å². The molecule has 0 aliphatic rings. The van der Waals surface area contributed by atoms with Crippen molar-refractivity contribution in [1.82, 2.24) is 4.57 Å². The van der Waals surface area contributed by atoms with Crippen molar-refractivity contribution < 1.29 is 4.57 Å². The average molecular weight is 552 g/mol. The summed E-state index contributed by atoms with van der Waals surface area (Å²) in [6.45, 7) is 6.96. The SMILES string of the molecule is CCCCCCCCCCCCCCCn1cc[n+](CCCc2ccccc2)c1CCCCCCCCCCC. The van der Waals surface area contributed by atoms with Crippen LogP contribution >= 0.6 is 0 Å². The summed E-state index contributed by atoms with van der Waals surface area (Å²) in [6.07, 6.45) is 39.6. The third-order valence-electron chi connectivity index (χ3n) is 8.80. The van der Waals surface area contributed by atoms with Crippen molar-refractivity contribution >= 4 is 0 Å². The summed E-state index contributed by atoms with van der Waals surface area (Å²) >= 11 is 0. The van der Waals surface area contributed by atoms with Crippen molar-refractivity contribution in [3.63, 3.8) is 0 Å². The molecule has 1 aromatic heterocycles. The molecule has 0 radical (unpaired) electrons. The summed E-state index contributed by atoms with van der Waals surface area (Å²) in [5.41, 5.74) is 1.47. The third kappa shape index (κ3) is 17.3. The minimum absolute atomic E-state index is 1.15. The molecule has 1 heterocycles. The Hall–Kier alpha value is -1.57. The first-order chi connectivity index (χ1) is 19.8. The highest BCUT2D eigenvalue weighted by molar-refractivity contribution is 5.14. The summed E-state index contributed by atoms with van der Waals surface area (Å²) in [4.78, 5) is 0. The van der Waals surface area contributed by atoms with Crippen LogP contribution in [0.3, 0.4) is 0 Å². The second-order valence-electron chi connectivity index (χ2n) is 12.5. The number of hydrogen-bond donors (Lipinski definition) is 0. The van der Waals surface area contributed by atoms with Crippen LogP contribution in [-0.2, 0) is 25.9 Å². The summed E-state index contributed by atoms with van der Waals surface area (Å²) in [7, 11) is 0. The molecule has 0 unspecified atom stereocenters. The normalized spacial score (nSPS) is 11.4. The monoisotopic (exact) mass is 552 g/mol. The molecular weight excluding hydrogens is 484 g/mol. The van der Waals surface area contributed by atoms with Gasteiger partial charge in [-0.25, -0.2) is 9.13 Å². The maximum absolute atomic E-state index is 2.60. The van der Waals surface area contributed by atoms with Crippen LogP contribution in [0, 0.1) is 0 Å². The van der Waals surface area contributed by atoms with E-state index in [1.807, 2.05) is 0 Å². The molecule has 1 aromatic carbocycles. The highest BCUT2D eigenvalue weighted by atomic mass is 15.1. The number of rotatable bonds is 28. The van der Waals surface area contributed by atoms with Crippen molar-refractivity contribution in [3.05, 3.63) is 54.1 Å². The molecule has 2 nitrogen and oxygen atoms in total. The quantitative estimate of drug-likeness (QED) is 0.0734. The fourth-order valence-corrected chi connectivity index (χ4v) is 6.18. The molecule has 0 aliphatic carbocycles. The standard InChI is InChI=1S/C38H67N2/c1-3-5-7-9-11-13-14-15-16-18-20-22-27-33-39-35-36-40(34-28-31-37-29-24-23-25-30-37)38(39)32-26-21-19-17-12-10-8-6-4-2/h23-25,29-30,35-36H,3-22,26-28,31-34H2,1-2H3/q+1. The number of aromatic nitrogens is 2. The van der Waals surface area contributed by atoms with E-state index in [-0.39, 0.29) is 0 Å². The molecule has 228 valence electrons. The number of hydrogen-bond acceptors (Lipinski definition) is 0. The lowest BCUT2D eigenvalue weighted by molar-refractivity contribution is -0.704. The molecule has 0 saturated carbocycles. The van der Waals surface area contributed by atoms with E-state index in [0.29, 0.717) is 0 Å². The van der Waals surface area contributed by atoms with Gasteiger partial charge in [0.1, 0.15) is 12.4 Å². The van der Waals surface area contributed by atoms with Gasteiger partial charge in [-0.05, 0) is 37.7 Å².